The lowest BCUT2D eigenvalue weighted by atomic mass is 10.1. The number of ether oxygens (including phenoxy) is 3. The van der Waals surface area contributed by atoms with E-state index in [0.717, 1.165) is 0 Å². The van der Waals surface area contributed by atoms with Gasteiger partial charge in [-0.05, 0) is 33.6 Å². The normalized spacial score (nSPS) is 19.4. The minimum Gasteiger partial charge on any atom is -0.467 e. The van der Waals surface area contributed by atoms with Crippen LogP contribution in [0.15, 0.2) is 0 Å². The molecule has 0 aromatic heterocycles. The number of amides is 1. The minimum absolute atomic E-state index is 0.0263. The largest absolute Gasteiger partial charge is 0.467 e. The molecule has 1 aliphatic heterocycles. The van der Waals surface area contributed by atoms with Crippen LogP contribution < -0.4 is 5.32 Å². The number of esters is 2. The fourth-order valence-corrected chi connectivity index (χ4v) is 2.08. The van der Waals surface area contributed by atoms with Crippen molar-refractivity contribution in [2.75, 3.05) is 20.3 Å². The van der Waals surface area contributed by atoms with Crippen molar-refractivity contribution >= 4 is 17.8 Å². The summed E-state index contributed by atoms with van der Waals surface area (Å²) in [6.45, 7) is 6.20. The molecule has 1 N–H and O–H groups in total. The van der Waals surface area contributed by atoms with E-state index in [-0.39, 0.29) is 24.7 Å². The molecule has 1 heterocycles. The van der Waals surface area contributed by atoms with Gasteiger partial charge in [0.1, 0.15) is 11.6 Å². The van der Waals surface area contributed by atoms with Gasteiger partial charge in [-0.15, -0.1) is 0 Å². The third-order valence-electron chi connectivity index (χ3n) is 3.16. The molecule has 7 heteroatoms. The monoisotopic (exact) mass is 315 g/mol. The van der Waals surface area contributed by atoms with Crippen molar-refractivity contribution in [2.45, 2.75) is 51.7 Å². The number of methoxy groups -OCH3 is 1. The highest BCUT2D eigenvalue weighted by atomic mass is 16.6. The molecule has 0 saturated carbocycles. The highest BCUT2D eigenvalue weighted by Gasteiger charge is 2.29. The molecule has 1 fully saturated rings. The molecule has 0 radical (unpaired) electrons. The molecular weight excluding hydrogens is 290 g/mol. The zero-order valence-electron chi connectivity index (χ0n) is 13.6. The summed E-state index contributed by atoms with van der Waals surface area (Å²) in [6.07, 6.45) is 0.797. The zero-order chi connectivity index (χ0) is 16.8. The van der Waals surface area contributed by atoms with Crippen LogP contribution in [0.4, 0.5) is 0 Å². The first-order chi connectivity index (χ1) is 10.2. The lowest BCUT2D eigenvalue weighted by Gasteiger charge is -2.21. The average Bonchev–Trinajstić information content (AvgIpc) is 2.94. The van der Waals surface area contributed by atoms with Gasteiger partial charge in [-0.2, -0.15) is 0 Å². The first kappa shape index (κ1) is 18.4. The Kier molecular flexibility index (Phi) is 6.80. The Hall–Kier alpha value is -1.63. The molecule has 0 unspecified atom stereocenters. The molecule has 1 rings (SSSR count). The maximum Gasteiger partial charge on any atom is 0.328 e. The molecule has 0 spiro atoms. The molecule has 1 saturated heterocycles. The van der Waals surface area contributed by atoms with E-state index in [1.807, 2.05) is 0 Å². The summed E-state index contributed by atoms with van der Waals surface area (Å²) in [5.74, 6) is -1.50. The second-order valence-electron chi connectivity index (χ2n) is 6.27. The van der Waals surface area contributed by atoms with Crippen molar-refractivity contribution in [3.8, 4) is 0 Å². The van der Waals surface area contributed by atoms with Gasteiger partial charge in [0.25, 0.3) is 0 Å². The van der Waals surface area contributed by atoms with Gasteiger partial charge in [0.2, 0.25) is 5.91 Å². The lowest BCUT2D eigenvalue weighted by Crippen LogP contribution is -2.44. The van der Waals surface area contributed by atoms with E-state index < -0.39 is 23.6 Å². The molecule has 1 aliphatic rings. The van der Waals surface area contributed by atoms with E-state index in [0.29, 0.717) is 19.6 Å². The second-order valence-corrected chi connectivity index (χ2v) is 6.27. The van der Waals surface area contributed by atoms with Crippen LogP contribution in [0.2, 0.25) is 0 Å². The highest BCUT2D eigenvalue weighted by molar-refractivity contribution is 5.86. The van der Waals surface area contributed by atoms with Crippen molar-refractivity contribution < 1.29 is 28.6 Å². The molecule has 0 aromatic rings. The van der Waals surface area contributed by atoms with E-state index in [9.17, 15) is 14.4 Å². The average molecular weight is 315 g/mol. The maximum atomic E-state index is 12.0. The standard InChI is InChI=1S/C15H25NO6/c1-15(2,3)22-12(17)6-5-11(14(19)20-4)16-13(18)10-7-8-21-9-10/h10-11H,5-9H2,1-4H3,(H,16,18)/t10-,11-/m1/s1. The number of hydrogen-bond donors (Lipinski definition) is 1. The molecule has 2 atom stereocenters. The molecule has 7 nitrogen and oxygen atoms in total. The Labute approximate surface area is 130 Å². The third-order valence-corrected chi connectivity index (χ3v) is 3.16. The van der Waals surface area contributed by atoms with Crippen molar-refractivity contribution in [1.29, 1.82) is 0 Å². The van der Waals surface area contributed by atoms with Crippen LogP contribution in [0.3, 0.4) is 0 Å². The highest BCUT2D eigenvalue weighted by Crippen LogP contribution is 2.14. The Morgan fingerprint density at radius 3 is 2.50 bits per heavy atom. The van der Waals surface area contributed by atoms with Crippen molar-refractivity contribution in [3.63, 3.8) is 0 Å². The molecular formula is C15H25NO6. The van der Waals surface area contributed by atoms with E-state index >= 15 is 0 Å². The van der Waals surface area contributed by atoms with Gasteiger partial charge in [-0.1, -0.05) is 0 Å². The van der Waals surface area contributed by atoms with Gasteiger partial charge in [0, 0.05) is 13.0 Å². The Morgan fingerprint density at radius 2 is 2.00 bits per heavy atom. The SMILES string of the molecule is COC(=O)[C@@H](CCC(=O)OC(C)(C)C)NC(=O)[C@@H]1CCOC1. The number of hydrogen-bond acceptors (Lipinski definition) is 6. The molecule has 0 bridgehead atoms. The summed E-state index contributed by atoms with van der Waals surface area (Å²) < 4.78 is 15.0. The Morgan fingerprint density at radius 1 is 1.32 bits per heavy atom. The van der Waals surface area contributed by atoms with Crippen molar-refractivity contribution in [2.24, 2.45) is 5.92 Å². The molecule has 0 aromatic carbocycles. The fourth-order valence-electron chi connectivity index (χ4n) is 2.08. The first-order valence-electron chi connectivity index (χ1n) is 7.40. The van der Waals surface area contributed by atoms with Gasteiger partial charge in [-0.3, -0.25) is 9.59 Å². The van der Waals surface area contributed by atoms with Crippen LogP contribution >= 0.6 is 0 Å². The number of carbonyl (C=O) groups is 3. The van der Waals surface area contributed by atoms with Gasteiger partial charge in [0.05, 0.1) is 19.6 Å². The Bertz CT molecular complexity index is 409. The van der Waals surface area contributed by atoms with E-state index in [4.69, 9.17) is 9.47 Å². The molecule has 1 amide bonds. The summed E-state index contributed by atoms with van der Waals surface area (Å²) in [6, 6.07) is -0.856. The van der Waals surface area contributed by atoms with Crippen LogP contribution in [-0.4, -0.2) is 49.8 Å². The number of nitrogens with one attached hydrogen (secondary N) is 1. The first-order valence-corrected chi connectivity index (χ1v) is 7.40. The summed E-state index contributed by atoms with van der Waals surface area (Å²) in [4.78, 5) is 35.5. The number of carbonyl (C=O) groups excluding carboxylic acids is 3. The topological polar surface area (TPSA) is 90.9 Å². The summed E-state index contributed by atoms with van der Waals surface area (Å²) in [5.41, 5.74) is -0.581. The maximum absolute atomic E-state index is 12.0. The van der Waals surface area contributed by atoms with Crippen LogP contribution in [-0.2, 0) is 28.6 Å². The zero-order valence-corrected chi connectivity index (χ0v) is 13.6. The van der Waals surface area contributed by atoms with Gasteiger partial charge in [0.15, 0.2) is 0 Å². The van der Waals surface area contributed by atoms with Crippen LogP contribution in [0, 0.1) is 5.92 Å². The molecule has 0 aliphatic carbocycles. The fraction of sp³-hybridized carbons (Fsp3) is 0.800. The van der Waals surface area contributed by atoms with E-state index in [1.54, 1.807) is 20.8 Å². The lowest BCUT2D eigenvalue weighted by molar-refractivity contribution is -0.155. The van der Waals surface area contributed by atoms with Gasteiger partial charge >= 0.3 is 11.9 Å². The van der Waals surface area contributed by atoms with Crippen LogP contribution in [0.25, 0.3) is 0 Å². The summed E-state index contributed by atoms with van der Waals surface area (Å²) in [5, 5.41) is 2.63. The van der Waals surface area contributed by atoms with Crippen molar-refractivity contribution in [1.82, 2.24) is 5.32 Å². The van der Waals surface area contributed by atoms with Crippen LogP contribution in [0.5, 0.6) is 0 Å². The molecule has 126 valence electrons. The second kappa shape index (κ2) is 8.12. The minimum atomic E-state index is -0.856. The van der Waals surface area contributed by atoms with E-state index in [1.165, 1.54) is 7.11 Å². The predicted octanol–water partition coefficient (Wildman–Crippen LogP) is 0.803. The smallest absolute Gasteiger partial charge is 0.328 e. The predicted molar refractivity (Wildman–Crippen MR) is 78.0 cm³/mol. The molecule has 22 heavy (non-hydrogen) atoms. The Balaban J connectivity index is 2.52. The van der Waals surface area contributed by atoms with E-state index in [2.05, 4.69) is 10.1 Å². The van der Waals surface area contributed by atoms with Crippen molar-refractivity contribution in [3.05, 3.63) is 0 Å². The van der Waals surface area contributed by atoms with Gasteiger partial charge in [-0.25, -0.2) is 4.79 Å². The third kappa shape index (κ3) is 6.43. The number of rotatable bonds is 6. The quantitative estimate of drug-likeness (QED) is 0.729. The summed E-state index contributed by atoms with van der Waals surface area (Å²) in [7, 11) is 1.24. The van der Waals surface area contributed by atoms with Gasteiger partial charge < -0.3 is 19.5 Å². The summed E-state index contributed by atoms with van der Waals surface area (Å²) >= 11 is 0. The van der Waals surface area contributed by atoms with Crippen LogP contribution in [0.1, 0.15) is 40.0 Å².